The molecule has 3 aliphatic heterocycles. The van der Waals surface area contributed by atoms with Crippen molar-refractivity contribution in [1.29, 1.82) is 0 Å². The number of amides is 4. The van der Waals surface area contributed by atoms with Crippen LogP contribution in [0.1, 0.15) is 44.9 Å². The van der Waals surface area contributed by atoms with Crippen molar-refractivity contribution in [2.45, 2.75) is 57.0 Å². The van der Waals surface area contributed by atoms with Crippen LogP contribution < -0.4 is 24.4 Å². The van der Waals surface area contributed by atoms with Gasteiger partial charge in [-0.25, -0.2) is 9.69 Å². The van der Waals surface area contributed by atoms with Gasteiger partial charge in [0.05, 0.1) is 33.4 Å². The van der Waals surface area contributed by atoms with E-state index in [1.165, 1.54) is 40.6 Å². The Hall–Kier alpha value is -3.05. The lowest BCUT2D eigenvalue weighted by atomic mass is 9.83. The van der Waals surface area contributed by atoms with Crippen molar-refractivity contribution in [3.63, 3.8) is 0 Å². The fourth-order valence-electron chi connectivity index (χ4n) is 6.20. The maximum absolute atomic E-state index is 13.6. The molecule has 11 nitrogen and oxygen atoms in total. The van der Waals surface area contributed by atoms with Gasteiger partial charge in [-0.3, -0.25) is 9.59 Å². The lowest BCUT2D eigenvalue weighted by molar-refractivity contribution is -0.135. The van der Waals surface area contributed by atoms with E-state index in [4.69, 9.17) is 18.9 Å². The number of nitrogens with zero attached hydrogens (tertiary/aromatic N) is 3. The molecule has 3 fully saturated rings. The number of anilines is 1. The van der Waals surface area contributed by atoms with Gasteiger partial charge in [-0.15, -0.1) is 0 Å². The Balaban J connectivity index is 1.48. The first-order valence-electron chi connectivity index (χ1n) is 13.9. The first kappa shape index (κ1) is 28.9. The molecule has 0 bridgehead atoms. The Morgan fingerprint density at radius 2 is 1.72 bits per heavy atom. The fourth-order valence-corrected chi connectivity index (χ4v) is 6.20. The number of carbonyl (C=O) groups excluding carboxylic acids is 3. The molecule has 4 amide bonds. The molecule has 0 spiro atoms. The van der Waals surface area contributed by atoms with Crippen LogP contribution in [-0.4, -0.2) is 101 Å². The number of piperidine rings is 2. The molecule has 0 saturated carbocycles. The molecule has 3 atom stereocenters. The summed E-state index contributed by atoms with van der Waals surface area (Å²) in [7, 11) is 6.06. The summed E-state index contributed by atoms with van der Waals surface area (Å²) in [6.45, 7) is 4.05. The largest absolute Gasteiger partial charge is 0.493 e. The third kappa shape index (κ3) is 6.41. The molecule has 0 aromatic heterocycles. The second kappa shape index (κ2) is 13.3. The van der Waals surface area contributed by atoms with Crippen molar-refractivity contribution in [1.82, 2.24) is 15.1 Å². The molecule has 3 aliphatic rings. The lowest BCUT2D eigenvalue weighted by Gasteiger charge is -2.45. The van der Waals surface area contributed by atoms with E-state index in [0.29, 0.717) is 55.3 Å². The summed E-state index contributed by atoms with van der Waals surface area (Å²) < 4.78 is 21.3. The van der Waals surface area contributed by atoms with Gasteiger partial charge < -0.3 is 34.1 Å². The molecule has 3 unspecified atom stereocenters. The molecule has 1 N–H and O–H groups in total. The number of hydrogen-bond donors (Lipinski definition) is 1. The zero-order valence-corrected chi connectivity index (χ0v) is 23.6. The van der Waals surface area contributed by atoms with Gasteiger partial charge in [0.2, 0.25) is 11.7 Å². The van der Waals surface area contributed by atoms with E-state index in [0.717, 1.165) is 30.8 Å². The van der Waals surface area contributed by atoms with Gasteiger partial charge in [0.15, 0.2) is 11.5 Å². The summed E-state index contributed by atoms with van der Waals surface area (Å²) in [5, 5.41) is 2.70. The van der Waals surface area contributed by atoms with Crippen LogP contribution in [0.25, 0.3) is 0 Å². The van der Waals surface area contributed by atoms with Crippen LogP contribution in [0.4, 0.5) is 10.5 Å². The number of urea groups is 1. The summed E-state index contributed by atoms with van der Waals surface area (Å²) in [5.74, 6) is 0.782. The number of carbonyl (C=O) groups is 3. The standard InChI is InChI=1S/C28H42N4O7/c1-36-14-8-13-31(18-19-9-7-12-30-11-6-5-10-22(19)30)25(33)17-21-27(34)32(28(35)29-21)20-15-23(37-2)26(39-4)24(16-20)38-3/h15-16,19,21-22H,5-14,17-18H2,1-4H3,(H,29,35). The van der Waals surface area contributed by atoms with Crippen LogP contribution in [-0.2, 0) is 14.3 Å². The number of nitrogens with one attached hydrogen (secondary N) is 1. The Morgan fingerprint density at radius 3 is 2.38 bits per heavy atom. The van der Waals surface area contributed by atoms with Crippen LogP contribution in [0.3, 0.4) is 0 Å². The van der Waals surface area contributed by atoms with E-state index in [2.05, 4.69) is 10.2 Å². The summed E-state index contributed by atoms with van der Waals surface area (Å²) in [6, 6.07) is 2.04. The Labute approximate surface area is 230 Å². The molecule has 1 aromatic rings. The molecule has 0 radical (unpaired) electrons. The zero-order chi connectivity index (χ0) is 27.9. The monoisotopic (exact) mass is 546 g/mol. The first-order chi connectivity index (χ1) is 18.9. The van der Waals surface area contributed by atoms with Crippen LogP contribution in [0.15, 0.2) is 12.1 Å². The van der Waals surface area contributed by atoms with E-state index in [1.807, 2.05) is 4.90 Å². The summed E-state index contributed by atoms with van der Waals surface area (Å²) in [5.41, 5.74) is 0.276. The highest BCUT2D eigenvalue weighted by Gasteiger charge is 2.42. The predicted octanol–water partition coefficient (Wildman–Crippen LogP) is 2.66. The van der Waals surface area contributed by atoms with E-state index < -0.39 is 18.0 Å². The van der Waals surface area contributed by atoms with Gasteiger partial charge in [0.25, 0.3) is 5.91 Å². The number of fused-ring (bicyclic) bond motifs is 1. The summed E-state index contributed by atoms with van der Waals surface area (Å²) in [4.78, 5) is 45.4. The molecule has 4 rings (SSSR count). The van der Waals surface area contributed by atoms with Crippen molar-refractivity contribution in [2.75, 3.05) is 66.1 Å². The zero-order valence-electron chi connectivity index (χ0n) is 23.6. The maximum Gasteiger partial charge on any atom is 0.329 e. The molecule has 3 heterocycles. The highest BCUT2D eigenvalue weighted by molar-refractivity contribution is 6.22. The molecule has 216 valence electrons. The number of benzene rings is 1. The van der Waals surface area contributed by atoms with Crippen molar-refractivity contribution in [3.8, 4) is 17.2 Å². The quantitative estimate of drug-likeness (QED) is 0.315. The smallest absolute Gasteiger partial charge is 0.329 e. The average Bonchev–Trinajstić information content (AvgIpc) is 3.23. The van der Waals surface area contributed by atoms with Crippen molar-refractivity contribution in [3.05, 3.63) is 12.1 Å². The van der Waals surface area contributed by atoms with Gasteiger partial charge in [0.1, 0.15) is 6.04 Å². The van der Waals surface area contributed by atoms with Crippen LogP contribution >= 0.6 is 0 Å². The van der Waals surface area contributed by atoms with Gasteiger partial charge in [-0.1, -0.05) is 6.42 Å². The predicted molar refractivity (Wildman–Crippen MR) is 146 cm³/mol. The first-order valence-corrected chi connectivity index (χ1v) is 13.9. The van der Waals surface area contributed by atoms with Crippen molar-refractivity contribution in [2.24, 2.45) is 5.92 Å². The number of methoxy groups -OCH3 is 4. The normalized spacial score (nSPS) is 23.3. The van der Waals surface area contributed by atoms with Crippen LogP contribution in [0, 0.1) is 5.92 Å². The van der Waals surface area contributed by atoms with E-state index in [9.17, 15) is 14.4 Å². The third-order valence-electron chi connectivity index (χ3n) is 8.12. The molecule has 11 heteroatoms. The minimum Gasteiger partial charge on any atom is -0.493 e. The molecular formula is C28H42N4O7. The number of rotatable bonds is 12. The minimum absolute atomic E-state index is 0.0976. The third-order valence-corrected chi connectivity index (χ3v) is 8.12. The van der Waals surface area contributed by atoms with Gasteiger partial charge >= 0.3 is 6.03 Å². The lowest BCUT2D eigenvalue weighted by Crippen LogP contribution is -2.52. The second-order valence-corrected chi connectivity index (χ2v) is 10.5. The summed E-state index contributed by atoms with van der Waals surface area (Å²) >= 11 is 0. The minimum atomic E-state index is -0.952. The van der Waals surface area contributed by atoms with Crippen molar-refractivity contribution < 1.29 is 33.3 Å². The van der Waals surface area contributed by atoms with Gasteiger partial charge in [-0.05, 0) is 51.1 Å². The Bertz CT molecular complexity index is 1010. The molecule has 0 aliphatic carbocycles. The van der Waals surface area contributed by atoms with Gasteiger partial charge in [0, 0.05) is 45.0 Å². The molecule has 1 aromatic carbocycles. The van der Waals surface area contributed by atoms with Crippen LogP contribution in [0.2, 0.25) is 0 Å². The molecular weight excluding hydrogens is 504 g/mol. The highest BCUT2D eigenvalue weighted by Crippen LogP contribution is 2.41. The maximum atomic E-state index is 13.6. The van der Waals surface area contributed by atoms with E-state index in [-0.39, 0.29) is 18.0 Å². The molecule has 39 heavy (non-hydrogen) atoms. The summed E-state index contributed by atoms with van der Waals surface area (Å²) in [6.07, 6.45) is 6.50. The Morgan fingerprint density at radius 1 is 1.00 bits per heavy atom. The van der Waals surface area contributed by atoms with Gasteiger partial charge in [-0.2, -0.15) is 0 Å². The SMILES string of the molecule is COCCCN(CC1CCCN2CCCCC12)C(=O)CC1NC(=O)N(c2cc(OC)c(OC)c(OC)c2)C1=O. The Kier molecular flexibility index (Phi) is 9.90. The highest BCUT2D eigenvalue weighted by atomic mass is 16.5. The van der Waals surface area contributed by atoms with Crippen molar-refractivity contribution >= 4 is 23.5 Å². The number of ether oxygens (including phenoxy) is 4. The van der Waals surface area contributed by atoms with Crippen LogP contribution in [0.5, 0.6) is 17.2 Å². The average molecular weight is 547 g/mol. The number of imide groups is 1. The second-order valence-electron chi connectivity index (χ2n) is 10.5. The topological polar surface area (TPSA) is 110 Å². The fraction of sp³-hybridized carbons (Fsp3) is 0.679. The molecule has 3 saturated heterocycles. The number of hydrogen-bond acceptors (Lipinski definition) is 8. The van der Waals surface area contributed by atoms with E-state index in [1.54, 1.807) is 19.2 Å². The van der Waals surface area contributed by atoms with E-state index >= 15 is 0 Å².